The lowest BCUT2D eigenvalue weighted by Crippen LogP contribution is -2.42. The first-order valence-electron chi connectivity index (χ1n) is 7.09. The van der Waals surface area contributed by atoms with E-state index in [-0.39, 0.29) is 11.3 Å². The fourth-order valence-corrected chi connectivity index (χ4v) is 3.38. The number of carbonyl (C=O) groups is 1. The molecule has 0 N–H and O–H groups in total. The van der Waals surface area contributed by atoms with Crippen LogP contribution in [0.5, 0.6) is 0 Å². The molecule has 2 bridgehead atoms. The molecule has 2 nitrogen and oxygen atoms in total. The summed E-state index contributed by atoms with van der Waals surface area (Å²) in [5.41, 5.74) is 1.15. The Balaban J connectivity index is 1.63. The summed E-state index contributed by atoms with van der Waals surface area (Å²) >= 11 is 0. The maximum atomic E-state index is 11.3. The van der Waals surface area contributed by atoms with Crippen molar-refractivity contribution in [3.8, 4) is 0 Å². The van der Waals surface area contributed by atoms with Gasteiger partial charge in [0.1, 0.15) is 6.29 Å². The zero-order valence-electron chi connectivity index (χ0n) is 11.1. The smallest absolute Gasteiger partial charge is 0.124 e. The molecule has 3 unspecified atom stereocenters. The molecule has 3 atom stereocenters. The van der Waals surface area contributed by atoms with E-state index >= 15 is 0 Å². The Hall–Kier alpha value is -1.41. The molecule has 3 aliphatic rings. The van der Waals surface area contributed by atoms with Crippen LogP contribution < -0.4 is 0 Å². The SMILES string of the molecule is O=CC1CC2C=CC1(COCc1ccccc1)CC2. The third kappa shape index (κ3) is 2.50. The Morgan fingerprint density at radius 1 is 1.32 bits per heavy atom. The molecule has 1 aromatic rings. The van der Waals surface area contributed by atoms with Crippen molar-refractivity contribution in [1.29, 1.82) is 0 Å². The van der Waals surface area contributed by atoms with Gasteiger partial charge < -0.3 is 9.53 Å². The van der Waals surface area contributed by atoms with Gasteiger partial charge in [0.15, 0.2) is 0 Å². The van der Waals surface area contributed by atoms with Crippen LogP contribution in [0.25, 0.3) is 0 Å². The Kier molecular flexibility index (Phi) is 3.52. The van der Waals surface area contributed by atoms with Gasteiger partial charge in [0.25, 0.3) is 0 Å². The zero-order valence-corrected chi connectivity index (χ0v) is 11.1. The Labute approximate surface area is 114 Å². The second kappa shape index (κ2) is 5.30. The summed E-state index contributed by atoms with van der Waals surface area (Å²) in [5.74, 6) is 0.762. The van der Waals surface area contributed by atoms with Crippen LogP contribution in [0.4, 0.5) is 0 Å². The second-order valence-corrected chi connectivity index (χ2v) is 5.85. The normalized spacial score (nSPS) is 32.4. The average molecular weight is 256 g/mol. The minimum atomic E-state index is -0.0364. The Morgan fingerprint density at radius 2 is 2.16 bits per heavy atom. The number of allylic oxidation sites excluding steroid dienone is 1. The molecule has 0 heterocycles. The van der Waals surface area contributed by atoms with Crippen molar-refractivity contribution in [2.24, 2.45) is 17.3 Å². The van der Waals surface area contributed by atoms with E-state index in [2.05, 4.69) is 24.3 Å². The highest BCUT2D eigenvalue weighted by molar-refractivity contribution is 5.57. The average Bonchev–Trinajstić information content (AvgIpc) is 2.49. The summed E-state index contributed by atoms with van der Waals surface area (Å²) in [5, 5.41) is 0. The highest BCUT2D eigenvalue weighted by Crippen LogP contribution is 2.49. The van der Waals surface area contributed by atoms with Crippen LogP contribution in [-0.2, 0) is 16.1 Å². The van der Waals surface area contributed by atoms with Gasteiger partial charge in [-0.1, -0.05) is 42.5 Å². The van der Waals surface area contributed by atoms with Crippen molar-refractivity contribution in [2.45, 2.75) is 25.9 Å². The monoisotopic (exact) mass is 256 g/mol. The van der Waals surface area contributed by atoms with E-state index in [0.29, 0.717) is 19.1 Å². The lowest BCUT2D eigenvalue weighted by atomic mass is 9.60. The molecule has 100 valence electrons. The van der Waals surface area contributed by atoms with E-state index in [4.69, 9.17) is 4.74 Å². The fraction of sp³-hybridized carbons (Fsp3) is 0.471. The van der Waals surface area contributed by atoms with Gasteiger partial charge in [-0.15, -0.1) is 0 Å². The molecule has 19 heavy (non-hydrogen) atoms. The molecule has 4 rings (SSSR count). The number of ether oxygens (including phenoxy) is 1. The quantitative estimate of drug-likeness (QED) is 0.596. The molecule has 1 saturated carbocycles. The zero-order chi connectivity index (χ0) is 13.1. The van der Waals surface area contributed by atoms with Crippen molar-refractivity contribution in [3.63, 3.8) is 0 Å². The number of fused-ring (bicyclic) bond motifs is 2. The van der Waals surface area contributed by atoms with E-state index in [1.54, 1.807) is 0 Å². The van der Waals surface area contributed by atoms with Crippen LogP contribution in [0.3, 0.4) is 0 Å². The maximum absolute atomic E-state index is 11.3. The van der Waals surface area contributed by atoms with Crippen molar-refractivity contribution < 1.29 is 9.53 Å². The van der Waals surface area contributed by atoms with Gasteiger partial charge >= 0.3 is 0 Å². The highest BCUT2D eigenvalue weighted by atomic mass is 16.5. The van der Waals surface area contributed by atoms with Crippen LogP contribution >= 0.6 is 0 Å². The molecule has 2 heteroatoms. The van der Waals surface area contributed by atoms with Crippen LogP contribution in [0.2, 0.25) is 0 Å². The summed E-state index contributed by atoms with van der Waals surface area (Å²) < 4.78 is 5.90. The first-order valence-corrected chi connectivity index (χ1v) is 7.09. The van der Waals surface area contributed by atoms with Gasteiger partial charge in [-0.05, 0) is 30.7 Å². The van der Waals surface area contributed by atoms with Gasteiger partial charge in [0, 0.05) is 11.3 Å². The predicted molar refractivity (Wildman–Crippen MR) is 74.6 cm³/mol. The van der Waals surface area contributed by atoms with Crippen molar-refractivity contribution in [1.82, 2.24) is 0 Å². The van der Waals surface area contributed by atoms with E-state index in [0.717, 1.165) is 19.1 Å². The summed E-state index contributed by atoms with van der Waals surface area (Å²) in [6.07, 6.45) is 8.97. The molecule has 1 fully saturated rings. The van der Waals surface area contributed by atoms with Gasteiger partial charge in [-0.3, -0.25) is 0 Å². The number of aldehydes is 1. The molecular formula is C17H20O2. The molecule has 3 aliphatic carbocycles. The molecule has 0 aliphatic heterocycles. The first-order chi connectivity index (χ1) is 9.32. The number of hydrogen-bond donors (Lipinski definition) is 0. The van der Waals surface area contributed by atoms with E-state index in [1.165, 1.54) is 12.0 Å². The van der Waals surface area contributed by atoms with Gasteiger partial charge in [-0.2, -0.15) is 0 Å². The fourth-order valence-electron chi connectivity index (χ4n) is 3.38. The molecule has 0 saturated heterocycles. The summed E-state index contributed by atoms with van der Waals surface area (Å²) in [7, 11) is 0. The first kappa shape index (κ1) is 12.6. The standard InChI is InChI=1S/C17H20O2/c18-11-16-10-14-6-8-17(16,9-7-14)13-19-12-15-4-2-1-3-5-15/h1-6,8,11,14,16H,7,9-10,12-13H2. The number of benzene rings is 1. The molecular weight excluding hydrogens is 236 g/mol. The highest BCUT2D eigenvalue weighted by Gasteiger charge is 2.44. The predicted octanol–water partition coefficient (Wildman–Crippen LogP) is 3.37. The lowest BCUT2D eigenvalue weighted by molar-refractivity contribution is -0.119. The molecule has 0 aromatic heterocycles. The largest absolute Gasteiger partial charge is 0.376 e. The number of rotatable bonds is 5. The second-order valence-electron chi connectivity index (χ2n) is 5.85. The maximum Gasteiger partial charge on any atom is 0.124 e. The molecule has 0 radical (unpaired) electrons. The van der Waals surface area contributed by atoms with Crippen LogP contribution in [0.15, 0.2) is 42.5 Å². The van der Waals surface area contributed by atoms with E-state index < -0.39 is 0 Å². The van der Waals surface area contributed by atoms with Gasteiger partial charge in [-0.25, -0.2) is 0 Å². The molecule has 1 aromatic carbocycles. The van der Waals surface area contributed by atoms with Gasteiger partial charge in [0.2, 0.25) is 0 Å². The lowest BCUT2D eigenvalue weighted by Gasteiger charge is -2.45. The Morgan fingerprint density at radius 3 is 2.84 bits per heavy atom. The van der Waals surface area contributed by atoms with Crippen LogP contribution in [-0.4, -0.2) is 12.9 Å². The van der Waals surface area contributed by atoms with E-state index in [9.17, 15) is 4.79 Å². The minimum absolute atomic E-state index is 0.0364. The van der Waals surface area contributed by atoms with Crippen LogP contribution in [0.1, 0.15) is 24.8 Å². The number of hydrogen-bond acceptors (Lipinski definition) is 2. The third-order valence-corrected chi connectivity index (χ3v) is 4.62. The van der Waals surface area contributed by atoms with Crippen LogP contribution in [0, 0.1) is 17.3 Å². The summed E-state index contributed by atoms with van der Waals surface area (Å²) in [6, 6.07) is 10.2. The van der Waals surface area contributed by atoms with E-state index in [1.807, 2.05) is 18.2 Å². The van der Waals surface area contributed by atoms with Crippen molar-refractivity contribution in [2.75, 3.05) is 6.61 Å². The minimum Gasteiger partial charge on any atom is -0.376 e. The molecule has 0 amide bonds. The van der Waals surface area contributed by atoms with Crippen molar-refractivity contribution >= 4 is 6.29 Å². The molecule has 0 spiro atoms. The topological polar surface area (TPSA) is 26.3 Å². The van der Waals surface area contributed by atoms with Crippen molar-refractivity contribution in [3.05, 3.63) is 48.0 Å². The summed E-state index contributed by atoms with van der Waals surface area (Å²) in [6.45, 7) is 1.29. The number of carbonyl (C=O) groups excluding carboxylic acids is 1. The Bertz CT molecular complexity index is 465. The summed E-state index contributed by atoms with van der Waals surface area (Å²) in [4.78, 5) is 11.3. The third-order valence-electron chi connectivity index (χ3n) is 4.62. The van der Waals surface area contributed by atoms with Gasteiger partial charge in [0.05, 0.1) is 13.2 Å².